The van der Waals surface area contributed by atoms with Crippen LogP contribution in [0.2, 0.25) is 0 Å². The Morgan fingerprint density at radius 2 is 1.78 bits per heavy atom. The van der Waals surface area contributed by atoms with Gasteiger partial charge in [-0.05, 0) is 61.1 Å². The summed E-state index contributed by atoms with van der Waals surface area (Å²) in [7, 11) is 1.72. The Kier molecular flexibility index (Phi) is 5.09. The standard InChI is InChI=1S/C21H27O2/c1-21(13-4-3-5-14-21)16-23-19-11-9-17(10-12-19)18-7-6-8-20(15-18)22-2/h7-12,15H,3-6,13-14,16H2,1-2H3. The lowest BCUT2D eigenvalue weighted by Gasteiger charge is -2.33. The Balaban J connectivity index is 1.61. The van der Waals surface area contributed by atoms with Crippen LogP contribution < -0.4 is 4.74 Å². The fraction of sp³-hybridized carbons (Fsp3) is 0.476. The number of allylic oxidation sites excluding steroid dienone is 3. The zero-order valence-electron chi connectivity index (χ0n) is 14.3. The van der Waals surface area contributed by atoms with Crippen LogP contribution in [0.4, 0.5) is 0 Å². The summed E-state index contributed by atoms with van der Waals surface area (Å²) in [5.41, 5.74) is 2.79. The van der Waals surface area contributed by atoms with E-state index in [0.29, 0.717) is 5.41 Å². The molecule has 0 spiro atoms. The monoisotopic (exact) mass is 311 g/mol. The van der Waals surface area contributed by atoms with Gasteiger partial charge in [0, 0.05) is 5.41 Å². The molecule has 23 heavy (non-hydrogen) atoms. The van der Waals surface area contributed by atoms with E-state index in [4.69, 9.17) is 9.47 Å². The first kappa shape index (κ1) is 16.2. The number of rotatable bonds is 5. The van der Waals surface area contributed by atoms with E-state index < -0.39 is 0 Å². The molecule has 0 N–H and O–H groups in total. The predicted molar refractivity (Wildman–Crippen MR) is 95.1 cm³/mol. The maximum absolute atomic E-state index is 6.07. The van der Waals surface area contributed by atoms with Crippen molar-refractivity contribution >= 4 is 5.57 Å². The average molecular weight is 311 g/mol. The van der Waals surface area contributed by atoms with Crippen LogP contribution in [0.25, 0.3) is 5.57 Å². The molecule has 0 amide bonds. The summed E-state index contributed by atoms with van der Waals surface area (Å²) in [6.45, 7) is 3.19. The van der Waals surface area contributed by atoms with Gasteiger partial charge in [-0.25, -0.2) is 0 Å². The summed E-state index contributed by atoms with van der Waals surface area (Å²) in [6, 6.07) is 8.45. The summed E-state index contributed by atoms with van der Waals surface area (Å²) in [5, 5.41) is 0. The smallest absolute Gasteiger partial charge is 0.119 e. The highest BCUT2D eigenvalue weighted by molar-refractivity contribution is 5.75. The van der Waals surface area contributed by atoms with Crippen molar-refractivity contribution in [3.8, 4) is 5.75 Å². The zero-order valence-corrected chi connectivity index (χ0v) is 14.3. The molecule has 1 fully saturated rings. The van der Waals surface area contributed by atoms with Crippen LogP contribution in [0.5, 0.6) is 5.75 Å². The number of benzene rings is 1. The van der Waals surface area contributed by atoms with Crippen molar-refractivity contribution < 1.29 is 9.47 Å². The van der Waals surface area contributed by atoms with E-state index >= 15 is 0 Å². The Bertz CT molecular complexity index is 574. The van der Waals surface area contributed by atoms with Gasteiger partial charge in [-0.1, -0.05) is 38.3 Å². The molecule has 1 radical (unpaired) electrons. The van der Waals surface area contributed by atoms with Gasteiger partial charge in [0.15, 0.2) is 0 Å². The van der Waals surface area contributed by atoms with Crippen molar-refractivity contribution in [2.45, 2.75) is 45.4 Å². The minimum absolute atomic E-state index is 0.356. The van der Waals surface area contributed by atoms with E-state index in [0.717, 1.165) is 24.5 Å². The maximum atomic E-state index is 6.07. The van der Waals surface area contributed by atoms with Gasteiger partial charge in [-0.3, -0.25) is 0 Å². The lowest BCUT2D eigenvalue weighted by Crippen LogP contribution is -2.27. The molecule has 0 atom stereocenters. The molecular formula is C21H27O2. The molecule has 0 aliphatic heterocycles. The van der Waals surface area contributed by atoms with Crippen LogP contribution in [0.1, 0.15) is 51.0 Å². The van der Waals surface area contributed by atoms with Gasteiger partial charge < -0.3 is 9.47 Å². The van der Waals surface area contributed by atoms with Crippen LogP contribution >= 0.6 is 0 Å². The third-order valence-corrected chi connectivity index (χ3v) is 5.03. The normalized spacial score (nSPS) is 20.4. The van der Waals surface area contributed by atoms with Crippen molar-refractivity contribution in [3.63, 3.8) is 0 Å². The van der Waals surface area contributed by atoms with Gasteiger partial charge in [0.05, 0.1) is 13.7 Å². The van der Waals surface area contributed by atoms with Crippen molar-refractivity contribution in [2.24, 2.45) is 5.41 Å². The maximum Gasteiger partial charge on any atom is 0.119 e. The Morgan fingerprint density at radius 3 is 2.48 bits per heavy atom. The van der Waals surface area contributed by atoms with Gasteiger partial charge in [-0.15, -0.1) is 0 Å². The van der Waals surface area contributed by atoms with Crippen LogP contribution in [0.15, 0.2) is 42.2 Å². The fourth-order valence-electron chi connectivity index (χ4n) is 3.47. The molecule has 0 saturated heterocycles. The van der Waals surface area contributed by atoms with Crippen LogP contribution in [-0.4, -0.2) is 13.7 Å². The van der Waals surface area contributed by atoms with Crippen molar-refractivity contribution in [1.29, 1.82) is 0 Å². The summed E-state index contributed by atoms with van der Waals surface area (Å²) >= 11 is 0. The molecule has 2 aliphatic carbocycles. The molecule has 0 heterocycles. The molecule has 123 valence electrons. The van der Waals surface area contributed by atoms with Crippen molar-refractivity contribution in [1.82, 2.24) is 0 Å². The molecular weight excluding hydrogens is 284 g/mol. The van der Waals surface area contributed by atoms with Gasteiger partial charge in [0.2, 0.25) is 0 Å². The van der Waals surface area contributed by atoms with E-state index in [1.807, 2.05) is 0 Å². The second kappa shape index (κ2) is 7.25. The van der Waals surface area contributed by atoms with E-state index in [2.05, 4.69) is 49.8 Å². The van der Waals surface area contributed by atoms with E-state index in [1.165, 1.54) is 43.2 Å². The first-order valence-electron chi connectivity index (χ1n) is 8.71. The minimum atomic E-state index is 0.356. The SMILES string of the molecule is COC1=CC[CH]C(c2ccc(OCC3(C)CCCCC3)cc2)=C1. The van der Waals surface area contributed by atoms with Crippen molar-refractivity contribution in [3.05, 3.63) is 54.2 Å². The van der Waals surface area contributed by atoms with Gasteiger partial charge in [-0.2, -0.15) is 0 Å². The Hall–Kier alpha value is -1.70. The number of ether oxygens (including phenoxy) is 2. The van der Waals surface area contributed by atoms with Crippen LogP contribution in [-0.2, 0) is 4.74 Å². The highest BCUT2D eigenvalue weighted by Crippen LogP contribution is 2.36. The number of hydrogen-bond donors (Lipinski definition) is 0. The highest BCUT2D eigenvalue weighted by atomic mass is 16.5. The summed E-state index contributed by atoms with van der Waals surface area (Å²) in [4.78, 5) is 0. The number of hydrogen-bond acceptors (Lipinski definition) is 2. The molecule has 1 saturated carbocycles. The first-order chi connectivity index (χ1) is 11.2. The van der Waals surface area contributed by atoms with Crippen LogP contribution in [0.3, 0.4) is 0 Å². The van der Waals surface area contributed by atoms with Crippen molar-refractivity contribution in [2.75, 3.05) is 13.7 Å². The topological polar surface area (TPSA) is 18.5 Å². The predicted octanol–water partition coefficient (Wildman–Crippen LogP) is 5.56. The van der Waals surface area contributed by atoms with Gasteiger partial charge in [0.25, 0.3) is 0 Å². The lowest BCUT2D eigenvalue weighted by atomic mass is 9.76. The van der Waals surface area contributed by atoms with Gasteiger partial charge >= 0.3 is 0 Å². The Morgan fingerprint density at radius 1 is 1.04 bits per heavy atom. The number of methoxy groups -OCH3 is 1. The molecule has 0 aromatic heterocycles. The largest absolute Gasteiger partial charge is 0.497 e. The molecule has 2 aliphatic rings. The first-order valence-corrected chi connectivity index (χ1v) is 8.71. The average Bonchev–Trinajstić information content (AvgIpc) is 2.61. The van der Waals surface area contributed by atoms with Gasteiger partial charge in [0.1, 0.15) is 11.5 Å². The summed E-state index contributed by atoms with van der Waals surface area (Å²) < 4.78 is 11.4. The van der Waals surface area contributed by atoms with Crippen LogP contribution in [0, 0.1) is 11.8 Å². The Labute approximate surface area is 140 Å². The summed E-state index contributed by atoms with van der Waals surface area (Å²) in [6.07, 6.45) is 14.0. The second-order valence-corrected chi connectivity index (χ2v) is 7.03. The molecule has 2 heteroatoms. The fourth-order valence-corrected chi connectivity index (χ4v) is 3.47. The molecule has 0 unspecified atom stereocenters. The third kappa shape index (κ3) is 4.19. The molecule has 0 bridgehead atoms. The van der Waals surface area contributed by atoms with E-state index in [1.54, 1.807) is 7.11 Å². The highest BCUT2D eigenvalue weighted by Gasteiger charge is 2.27. The van der Waals surface area contributed by atoms with E-state index in [-0.39, 0.29) is 0 Å². The minimum Gasteiger partial charge on any atom is -0.497 e. The van der Waals surface area contributed by atoms with E-state index in [9.17, 15) is 0 Å². The summed E-state index contributed by atoms with van der Waals surface area (Å²) in [5.74, 6) is 1.91. The third-order valence-electron chi connectivity index (χ3n) is 5.03. The second-order valence-electron chi connectivity index (χ2n) is 7.03. The molecule has 1 aromatic carbocycles. The molecule has 2 nitrogen and oxygen atoms in total. The zero-order chi connectivity index (χ0) is 16.1. The lowest BCUT2D eigenvalue weighted by molar-refractivity contribution is 0.116. The molecule has 3 rings (SSSR count). The molecule has 1 aromatic rings. The quantitative estimate of drug-likeness (QED) is 0.709.